The molecule has 14 heavy (non-hydrogen) atoms. The topological polar surface area (TPSA) is 75.4 Å². The van der Waals surface area contributed by atoms with Gasteiger partial charge in [0.1, 0.15) is 6.26 Å². The predicted molar refractivity (Wildman–Crippen MR) is 50.7 cm³/mol. The molecule has 1 aromatic heterocycles. The normalized spacial score (nSPS) is 12.3. The maximum atomic E-state index is 11.3. The highest BCUT2D eigenvalue weighted by atomic mass is 32.2. The molecule has 0 unspecified atom stereocenters. The average molecular weight is 219 g/mol. The number of aromatic nitrogens is 1. The number of oxazole rings is 1. The lowest BCUT2D eigenvalue weighted by Gasteiger charge is -2.10. The standard InChI is InChI=1S/C7H13N3O3S/c1-6-9-7(5-13-6)4-8-14(11,12)10(2)3/h5,8H,4H2,1-3H3. The maximum absolute atomic E-state index is 11.3. The van der Waals surface area contributed by atoms with Crippen LogP contribution in [0.15, 0.2) is 10.7 Å². The van der Waals surface area contributed by atoms with Crippen molar-refractivity contribution in [2.75, 3.05) is 14.1 Å². The Balaban J connectivity index is 2.57. The second-order valence-electron chi connectivity index (χ2n) is 2.97. The van der Waals surface area contributed by atoms with E-state index in [9.17, 15) is 8.42 Å². The van der Waals surface area contributed by atoms with Crippen molar-refractivity contribution >= 4 is 10.2 Å². The third kappa shape index (κ3) is 2.79. The summed E-state index contributed by atoms with van der Waals surface area (Å²) in [5.74, 6) is 0.518. The van der Waals surface area contributed by atoms with Crippen molar-refractivity contribution in [3.63, 3.8) is 0 Å². The Labute approximate surface area is 83.1 Å². The van der Waals surface area contributed by atoms with Gasteiger partial charge in [-0.05, 0) is 0 Å². The van der Waals surface area contributed by atoms with Gasteiger partial charge in [0.15, 0.2) is 5.89 Å². The molecule has 0 saturated heterocycles. The van der Waals surface area contributed by atoms with Gasteiger partial charge in [-0.3, -0.25) is 0 Å². The van der Waals surface area contributed by atoms with Crippen molar-refractivity contribution < 1.29 is 12.8 Å². The lowest BCUT2D eigenvalue weighted by atomic mass is 10.5. The Bertz CT molecular complexity index is 396. The molecule has 0 atom stereocenters. The van der Waals surface area contributed by atoms with E-state index in [4.69, 9.17) is 4.42 Å². The summed E-state index contributed by atoms with van der Waals surface area (Å²) in [6.45, 7) is 1.84. The first-order chi connectivity index (χ1) is 6.42. The molecule has 1 N–H and O–H groups in total. The van der Waals surface area contributed by atoms with Gasteiger partial charge in [0.2, 0.25) is 0 Å². The molecule has 6 nitrogen and oxygen atoms in total. The minimum Gasteiger partial charge on any atom is -0.449 e. The molecular formula is C7H13N3O3S. The first kappa shape index (κ1) is 11.2. The molecule has 0 aliphatic carbocycles. The van der Waals surface area contributed by atoms with Crippen LogP contribution in [0.2, 0.25) is 0 Å². The van der Waals surface area contributed by atoms with Gasteiger partial charge in [0.25, 0.3) is 10.2 Å². The minimum absolute atomic E-state index is 0.137. The lowest BCUT2D eigenvalue weighted by Crippen LogP contribution is -2.35. The van der Waals surface area contributed by atoms with Gasteiger partial charge in [-0.15, -0.1) is 0 Å². The van der Waals surface area contributed by atoms with Crippen molar-refractivity contribution in [3.8, 4) is 0 Å². The van der Waals surface area contributed by atoms with Crippen LogP contribution in [-0.2, 0) is 16.8 Å². The van der Waals surface area contributed by atoms with Crippen LogP contribution < -0.4 is 4.72 Å². The van der Waals surface area contributed by atoms with E-state index in [-0.39, 0.29) is 6.54 Å². The molecule has 0 aromatic carbocycles. The lowest BCUT2D eigenvalue weighted by molar-refractivity contribution is 0.504. The molecule has 80 valence electrons. The van der Waals surface area contributed by atoms with Crippen LogP contribution >= 0.6 is 0 Å². The second kappa shape index (κ2) is 4.07. The van der Waals surface area contributed by atoms with Gasteiger partial charge < -0.3 is 4.42 Å². The highest BCUT2D eigenvalue weighted by molar-refractivity contribution is 7.87. The number of nitrogens with zero attached hydrogens (tertiary/aromatic N) is 2. The van der Waals surface area contributed by atoms with Crippen LogP contribution in [0.3, 0.4) is 0 Å². The molecule has 0 aliphatic heterocycles. The SMILES string of the molecule is Cc1nc(CNS(=O)(=O)N(C)C)co1. The van der Waals surface area contributed by atoms with E-state index in [1.54, 1.807) is 6.92 Å². The zero-order chi connectivity index (χ0) is 10.8. The van der Waals surface area contributed by atoms with E-state index >= 15 is 0 Å². The van der Waals surface area contributed by atoms with Crippen LogP contribution in [0.25, 0.3) is 0 Å². The summed E-state index contributed by atoms with van der Waals surface area (Å²) in [6.07, 6.45) is 1.42. The van der Waals surface area contributed by atoms with E-state index in [2.05, 4.69) is 9.71 Å². The average Bonchev–Trinajstić information content (AvgIpc) is 2.48. The van der Waals surface area contributed by atoms with Crippen molar-refractivity contribution in [1.29, 1.82) is 0 Å². The van der Waals surface area contributed by atoms with Crippen LogP contribution in [-0.4, -0.2) is 31.8 Å². The van der Waals surface area contributed by atoms with Gasteiger partial charge in [0, 0.05) is 21.0 Å². The number of hydrogen-bond donors (Lipinski definition) is 1. The summed E-state index contributed by atoms with van der Waals surface area (Å²) in [5, 5.41) is 0. The Morgan fingerprint density at radius 2 is 2.21 bits per heavy atom. The zero-order valence-corrected chi connectivity index (χ0v) is 9.13. The Kier molecular flexibility index (Phi) is 3.25. The zero-order valence-electron chi connectivity index (χ0n) is 8.31. The maximum Gasteiger partial charge on any atom is 0.279 e. The van der Waals surface area contributed by atoms with E-state index in [1.165, 1.54) is 20.4 Å². The molecule has 0 radical (unpaired) electrons. The highest BCUT2D eigenvalue weighted by Crippen LogP contribution is 2.00. The summed E-state index contributed by atoms with van der Waals surface area (Å²) < 4.78 is 30.9. The van der Waals surface area contributed by atoms with E-state index in [0.29, 0.717) is 11.6 Å². The van der Waals surface area contributed by atoms with Gasteiger partial charge in [-0.25, -0.2) is 4.98 Å². The van der Waals surface area contributed by atoms with Gasteiger partial charge in [0.05, 0.1) is 12.2 Å². The summed E-state index contributed by atoms with van der Waals surface area (Å²) in [6, 6.07) is 0. The van der Waals surface area contributed by atoms with Crippen LogP contribution in [0, 0.1) is 6.92 Å². The Morgan fingerprint density at radius 3 is 2.64 bits per heavy atom. The molecule has 1 rings (SSSR count). The molecular weight excluding hydrogens is 206 g/mol. The smallest absolute Gasteiger partial charge is 0.279 e. The van der Waals surface area contributed by atoms with Gasteiger partial charge in [-0.1, -0.05) is 0 Å². The second-order valence-corrected chi connectivity index (χ2v) is 4.94. The number of aryl methyl sites for hydroxylation is 1. The van der Waals surface area contributed by atoms with E-state index in [1.807, 2.05) is 0 Å². The molecule has 7 heteroatoms. The number of hydrogen-bond acceptors (Lipinski definition) is 4. The van der Waals surface area contributed by atoms with Crippen LogP contribution in [0.5, 0.6) is 0 Å². The molecule has 1 aromatic rings. The summed E-state index contributed by atoms with van der Waals surface area (Å²) in [5.41, 5.74) is 0.563. The predicted octanol–water partition coefficient (Wildman–Crippen LogP) is -0.121. The van der Waals surface area contributed by atoms with Crippen LogP contribution in [0.1, 0.15) is 11.6 Å². The fourth-order valence-corrected chi connectivity index (χ4v) is 1.37. The quantitative estimate of drug-likeness (QED) is 0.766. The number of rotatable bonds is 4. The van der Waals surface area contributed by atoms with Crippen LogP contribution in [0.4, 0.5) is 0 Å². The fourth-order valence-electron chi connectivity index (χ4n) is 0.784. The van der Waals surface area contributed by atoms with E-state index in [0.717, 1.165) is 4.31 Å². The fraction of sp³-hybridized carbons (Fsp3) is 0.571. The van der Waals surface area contributed by atoms with E-state index < -0.39 is 10.2 Å². The van der Waals surface area contributed by atoms with Crippen molar-refractivity contribution in [3.05, 3.63) is 17.8 Å². The summed E-state index contributed by atoms with van der Waals surface area (Å²) >= 11 is 0. The van der Waals surface area contributed by atoms with Crippen molar-refractivity contribution in [1.82, 2.24) is 14.0 Å². The first-order valence-corrected chi connectivity index (χ1v) is 5.44. The summed E-state index contributed by atoms with van der Waals surface area (Å²) in [7, 11) is -0.476. The minimum atomic E-state index is -3.39. The first-order valence-electron chi connectivity index (χ1n) is 4.00. The molecule has 1 heterocycles. The van der Waals surface area contributed by atoms with Gasteiger partial charge in [-0.2, -0.15) is 17.4 Å². The molecule has 0 amide bonds. The van der Waals surface area contributed by atoms with Crippen molar-refractivity contribution in [2.24, 2.45) is 0 Å². The molecule has 0 saturated carbocycles. The molecule has 0 aliphatic rings. The largest absolute Gasteiger partial charge is 0.449 e. The third-order valence-corrected chi connectivity index (χ3v) is 3.05. The van der Waals surface area contributed by atoms with Gasteiger partial charge >= 0.3 is 0 Å². The Morgan fingerprint density at radius 1 is 1.57 bits per heavy atom. The molecule has 0 fully saturated rings. The Hall–Kier alpha value is -0.920. The molecule has 0 bridgehead atoms. The monoisotopic (exact) mass is 219 g/mol. The third-order valence-electron chi connectivity index (χ3n) is 1.58. The summed E-state index contributed by atoms with van der Waals surface area (Å²) in [4.78, 5) is 3.96. The number of nitrogens with one attached hydrogen (secondary N) is 1. The molecule has 0 spiro atoms. The highest BCUT2D eigenvalue weighted by Gasteiger charge is 2.12. The van der Waals surface area contributed by atoms with Crippen molar-refractivity contribution in [2.45, 2.75) is 13.5 Å².